The maximum Gasteiger partial charge on any atom is 0.306 e. The Bertz CT molecular complexity index is 447. The first-order valence-electron chi connectivity index (χ1n) is 6.32. The van der Waals surface area contributed by atoms with E-state index in [0.29, 0.717) is 6.42 Å². The number of hydrogen-bond acceptors (Lipinski definition) is 2. The van der Waals surface area contributed by atoms with Crippen molar-refractivity contribution < 1.29 is 14.3 Å². The number of carbonyl (C=O) groups is 1. The number of carboxylic acids is 1. The SMILES string of the molecule is Cc1cc(F)ccc1NC1CCCC(C(=O)O)C1. The summed E-state index contributed by atoms with van der Waals surface area (Å²) in [7, 11) is 0. The maximum absolute atomic E-state index is 13.0. The summed E-state index contributed by atoms with van der Waals surface area (Å²) in [6.45, 7) is 1.85. The minimum atomic E-state index is -0.711. The first kappa shape index (κ1) is 12.9. The van der Waals surface area contributed by atoms with E-state index in [1.807, 2.05) is 6.92 Å². The van der Waals surface area contributed by atoms with Crippen molar-refractivity contribution in [1.82, 2.24) is 0 Å². The second kappa shape index (κ2) is 5.38. The third-order valence-electron chi connectivity index (χ3n) is 3.57. The Hall–Kier alpha value is -1.58. The van der Waals surface area contributed by atoms with Crippen molar-refractivity contribution in [1.29, 1.82) is 0 Å². The van der Waals surface area contributed by atoms with E-state index in [1.54, 1.807) is 6.07 Å². The van der Waals surface area contributed by atoms with Crippen LogP contribution in [-0.2, 0) is 4.79 Å². The van der Waals surface area contributed by atoms with E-state index in [2.05, 4.69) is 5.32 Å². The normalized spacial score (nSPS) is 23.7. The molecule has 0 bridgehead atoms. The summed E-state index contributed by atoms with van der Waals surface area (Å²) >= 11 is 0. The van der Waals surface area contributed by atoms with Gasteiger partial charge in [0.05, 0.1) is 5.92 Å². The van der Waals surface area contributed by atoms with Crippen molar-refractivity contribution in [2.45, 2.75) is 38.6 Å². The third-order valence-corrected chi connectivity index (χ3v) is 3.57. The number of aryl methyl sites for hydroxylation is 1. The number of nitrogens with one attached hydrogen (secondary N) is 1. The molecule has 0 radical (unpaired) electrons. The van der Waals surface area contributed by atoms with Crippen LogP contribution < -0.4 is 5.32 Å². The van der Waals surface area contributed by atoms with E-state index >= 15 is 0 Å². The predicted molar refractivity (Wildman–Crippen MR) is 68.1 cm³/mol. The number of halogens is 1. The van der Waals surface area contributed by atoms with Crippen LogP contribution in [0.3, 0.4) is 0 Å². The largest absolute Gasteiger partial charge is 0.481 e. The van der Waals surface area contributed by atoms with E-state index in [9.17, 15) is 9.18 Å². The van der Waals surface area contributed by atoms with E-state index in [0.717, 1.165) is 30.5 Å². The molecule has 1 aromatic carbocycles. The fourth-order valence-electron chi connectivity index (χ4n) is 2.55. The molecule has 1 aliphatic rings. The van der Waals surface area contributed by atoms with Gasteiger partial charge in [0, 0.05) is 11.7 Å². The number of benzene rings is 1. The lowest BCUT2D eigenvalue weighted by molar-refractivity contribution is -0.142. The molecule has 1 saturated carbocycles. The molecule has 0 aromatic heterocycles. The van der Waals surface area contributed by atoms with Crippen molar-refractivity contribution in [2.24, 2.45) is 5.92 Å². The van der Waals surface area contributed by atoms with Gasteiger partial charge in [-0.3, -0.25) is 4.79 Å². The van der Waals surface area contributed by atoms with Crippen molar-refractivity contribution in [3.63, 3.8) is 0 Å². The van der Waals surface area contributed by atoms with Gasteiger partial charge in [0.1, 0.15) is 5.82 Å². The molecule has 2 unspecified atom stereocenters. The molecule has 0 amide bonds. The molecule has 0 spiro atoms. The molecular formula is C14H18FNO2. The van der Waals surface area contributed by atoms with Gasteiger partial charge in [0.25, 0.3) is 0 Å². The Morgan fingerprint density at radius 3 is 2.89 bits per heavy atom. The summed E-state index contributed by atoms with van der Waals surface area (Å²) in [6.07, 6.45) is 3.30. The van der Waals surface area contributed by atoms with Crippen LogP contribution in [0.15, 0.2) is 18.2 Å². The van der Waals surface area contributed by atoms with Crippen molar-refractivity contribution >= 4 is 11.7 Å². The zero-order valence-corrected chi connectivity index (χ0v) is 10.4. The lowest BCUT2D eigenvalue weighted by Crippen LogP contribution is -2.31. The number of anilines is 1. The molecular weight excluding hydrogens is 233 g/mol. The number of rotatable bonds is 3. The standard InChI is InChI=1S/C14H18FNO2/c1-9-7-11(15)5-6-13(9)16-12-4-2-3-10(8-12)14(17)18/h5-7,10,12,16H,2-4,8H2,1H3,(H,17,18). The van der Waals surface area contributed by atoms with Crippen LogP contribution in [0.2, 0.25) is 0 Å². The zero-order valence-electron chi connectivity index (χ0n) is 10.4. The molecule has 2 N–H and O–H groups in total. The molecule has 1 fully saturated rings. The molecule has 2 rings (SSSR count). The summed E-state index contributed by atoms with van der Waals surface area (Å²) in [5, 5.41) is 12.4. The van der Waals surface area contributed by atoms with Crippen LogP contribution in [-0.4, -0.2) is 17.1 Å². The van der Waals surface area contributed by atoms with Gasteiger partial charge in [-0.05, 0) is 49.9 Å². The third kappa shape index (κ3) is 3.00. The molecule has 1 aliphatic carbocycles. The topological polar surface area (TPSA) is 49.3 Å². The summed E-state index contributed by atoms with van der Waals surface area (Å²) in [5.41, 5.74) is 1.75. The van der Waals surface area contributed by atoms with Crippen molar-refractivity contribution in [2.75, 3.05) is 5.32 Å². The van der Waals surface area contributed by atoms with Gasteiger partial charge < -0.3 is 10.4 Å². The average molecular weight is 251 g/mol. The highest BCUT2D eigenvalue weighted by Gasteiger charge is 2.26. The lowest BCUT2D eigenvalue weighted by Gasteiger charge is -2.28. The lowest BCUT2D eigenvalue weighted by atomic mass is 9.85. The fraction of sp³-hybridized carbons (Fsp3) is 0.500. The van der Waals surface area contributed by atoms with Crippen LogP contribution in [0.25, 0.3) is 0 Å². The first-order chi connectivity index (χ1) is 8.56. The summed E-state index contributed by atoms with van der Waals surface area (Å²) in [6, 6.07) is 4.80. The number of hydrogen-bond donors (Lipinski definition) is 2. The molecule has 2 atom stereocenters. The zero-order chi connectivity index (χ0) is 13.1. The molecule has 18 heavy (non-hydrogen) atoms. The van der Waals surface area contributed by atoms with Gasteiger partial charge in [0.15, 0.2) is 0 Å². The smallest absolute Gasteiger partial charge is 0.306 e. The van der Waals surface area contributed by atoms with E-state index < -0.39 is 5.97 Å². The minimum absolute atomic E-state index is 0.170. The van der Waals surface area contributed by atoms with Crippen LogP contribution >= 0.6 is 0 Å². The molecule has 1 aromatic rings. The summed E-state index contributed by atoms with van der Waals surface area (Å²) in [5.74, 6) is -1.21. The summed E-state index contributed by atoms with van der Waals surface area (Å²) < 4.78 is 13.0. The van der Waals surface area contributed by atoms with Gasteiger partial charge in [-0.1, -0.05) is 6.42 Å². The van der Waals surface area contributed by atoms with Gasteiger partial charge in [-0.25, -0.2) is 4.39 Å². The second-order valence-corrected chi connectivity index (χ2v) is 5.00. The first-order valence-corrected chi connectivity index (χ1v) is 6.32. The van der Waals surface area contributed by atoms with Crippen molar-refractivity contribution in [3.05, 3.63) is 29.6 Å². The highest BCUT2D eigenvalue weighted by Crippen LogP contribution is 2.28. The van der Waals surface area contributed by atoms with Crippen LogP contribution in [0, 0.1) is 18.7 Å². The summed E-state index contributed by atoms with van der Waals surface area (Å²) in [4.78, 5) is 11.0. The highest BCUT2D eigenvalue weighted by atomic mass is 19.1. The Morgan fingerprint density at radius 1 is 1.44 bits per heavy atom. The monoisotopic (exact) mass is 251 g/mol. The quantitative estimate of drug-likeness (QED) is 0.867. The van der Waals surface area contributed by atoms with Gasteiger partial charge in [-0.15, -0.1) is 0 Å². The molecule has 98 valence electrons. The van der Waals surface area contributed by atoms with E-state index in [4.69, 9.17) is 5.11 Å². The van der Waals surface area contributed by atoms with Gasteiger partial charge >= 0.3 is 5.97 Å². The van der Waals surface area contributed by atoms with E-state index in [1.165, 1.54) is 12.1 Å². The maximum atomic E-state index is 13.0. The van der Waals surface area contributed by atoms with Crippen LogP contribution in [0.4, 0.5) is 10.1 Å². The highest BCUT2D eigenvalue weighted by molar-refractivity contribution is 5.70. The minimum Gasteiger partial charge on any atom is -0.481 e. The Labute approximate surface area is 106 Å². The van der Waals surface area contributed by atoms with Gasteiger partial charge in [0.2, 0.25) is 0 Å². The van der Waals surface area contributed by atoms with E-state index in [-0.39, 0.29) is 17.8 Å². The van der Waals surface area contributed by atoms with Crippen LogP contribution in [0.1, 0.15) is 31.2 Å². The van der Waals surface area contributed by atoms with Crippen molar-refractivity contribution in [3.8, 4) is 0 Å². The number of carboxylic acid groups (broad SMARTS) is 1. The average Bonchev–Trinajstić information content (AvgIpc) is 2.33. The molecule has 3 nitrogen and oxygen atoms in total. The Balaban J connectivity index is 2.02. The predicted octanol–water partition coefficient (Wildman–Crippen LogP) is 3.19. The van der Waals surface area contributed by atoms with Gasteiger partial charge in [-0.2, -0.15) is 0 Å². The fourth-order valence-corrected chi connectivity index (χ4v) is 2.55. The Morgan fingerprint density at radius 2 is 2.22 bits per heavy atom. The number of aliphatic carboxylic acids is 1. The molecule has 4 heteroatoms. The Kier molecular flexibility index (Phi) is 3.84. The molecule has 0 aliphatic heterocycles. The molecule has 0 heterocycles. The molecule has 0 saturated heterocycles. The van der Waals surface area contributed by atoms with Crippen LogP contribution in [0.5, 0.6) is 0 Å². The second-order valence-electron chi connectivity index (χ2n) is 5.00.